The summed E-state index contributed by atoms with van der Waals surface area (Å²) in [6, 6.07) is 9.79. The molecule has 0 aliphatic rings. The Morgan fingerprint density at radius 3 is 2.48 bits per heavy atom. The fraction of sp³-hybridized carbons (Fsp3) is 0.222. The van der Waals surface area contributed by atoms with Crippen LogP contribution in [-0.2, 0) is 9.53 Å². The van der Waals surface area contributed by atoms with Gasteiger partial charge in [-0.25, -0.2) is 4.79 Å². The summed E-state index contributed by atoms with van der Waals surface area (Å²) < 4.78 is 15.3. The Balaban J connectivity index is 2.01. The Morgan fingerprint density at radius 1 is 1.08 bits per heavy atom. The Hall–Kier alpha value is -2.73. The van der Waals surface area contributed by atoms with Crippen molar-refractivity contribution < 1.29 is 23.8 Å². The summed E-state index contributed by atoms with van der Waals surface area (Å²) in [6.45, 7) is 1.65. The van der Waals surface area contributed by atoms with Crippen LogP contribution in [0.1, 0.15) is 15.9 Å². The van der Waals surface area contributed by atoms with Gasteiger partial charge in [0.05, 0.1) is 19.8 Å². The molecule has 6 nitrogen and oxygen atoms in total. The zero-order chi connectivity index (χ0) is 18.4. The molecule has 0 atom stereocenters. The molecule has 0 unspecified atom stereocenters. The van der Waals surface area contributed by atoms with E-state index in [9.17, 15) is 9.59 Å². The van der Waals surface area contributed by atoms with Gasteiger partial charge >= 0.3 is 5.97 Å². The van der Waals surface area contributed by atoms with Crippen LogP contribution < -0.4 is 14.8 Å². The predicted molar refractivity (Wildman–Crippen MR) is 94.6 cm³/mol. The lowest BCUT2D eigenvalue weighted by atomic mass is 10.2. The number of esters is 1. The maximum atomic E-state index is 12.0. The van der Waals surface area contributed by atoms with Crippen molar-refractivity contribution in [2.75, 3.05) is 26.1 Å². The van der Waals surface area contributed by atoms with E-state index in [1.165, 1.54) is 26.4 Å². The molecule has 0 saturated carbocycles. The zero-order valence-electron chi connectivity index (χ0n) is 14.1. The largest absolute Gasteiger partial charge is 0.493 e. The molecular formula is C18H18ClNO5. The first-order chi connectivity index (χ1) is 11.9. The molecule has 0 saturated heterocycles. The summed E-state index contributed by atoms with van der Waals surface area (Å²) in [7, 11) is 2.73. The van der Waals surface area contributed by atoms with Gasteiger partial charge < -0.3 is 19.5 Å². The lowest BCUT2D eigenvalue weighted by Crippen LogP contribution is -2.20. The molecule has 0 heterocycles. The van der Waals surface area contributed by atoms with Crippen molar-refractivity contribution in [3.8, 4) is 11.5 Å². The fourth-order valence-electron chi connectivity index (χ4n) is 2.04. The highest BCUT2D eigenvalue weighted by molar-refractivity contribution is 6.31. The number of rotatable bonds is 6. The minimum absolute atomic E-state index is 0.223. The second-order valence-electron chi connectivity index (χ2n) is 5.16. The third-order valence-electron chi connectivity index (χ3n) is 3.40. The molecule has 2 rings (SSSR count). The molecule has 0 aliphatic heterocycles. The van der Waals surface area contributed by atoms with Crippen molar-refractivity contribution in [2.45, 2.75) is 6.92 Å². The standard InChI is InChI=1S/C18H18ClNO5/c1-11-4-6-13(9-14(11)19)20-17(21)10-25-15-7-5-12(18(22)24-3)8-16(15)23-2/h4-9H,10H2,1-3H3,(H,20,21). The molecule has 2 aromatic rings. The van der Waals surface area contributed by atoms with Gasteiger partial charge in [-0.15, -0.1) is 0 Å². The van der Waals surface area contributed by atoms with Crippen LogP contribution in [0.5, 0.6) is 11.5 Å². The molecule has 0 aliphatic carbocycles. The van der Waals surface area contributed by atoms with Crippen molar-refractivity contribution in [3.63, 3.8) is 0 Å². The summed E-state index contributed by atoms with van der Waals surface area (Å²) in [5.74, 6) is -0.167. The molecule has 0 aromatic heterocycles. The number of nitrogens with one attached hydrogen (secondary N) is 1. The molecule has 0 spiro atoms. The molecule has 132 valence electrons. The van der Waals surface area contributed by atoms with Gasteiger partial charge in [-0.1, -0.05) is 17.7 Å². The first-order valence-corrected chi connectivity index (χ1v) is 7.77. The number of hydrogen-bond donors (Lipinski definition) is 1. The Kier molecular flexibility index (Phi) is 6.25. The number of hydrogen-bond acceptors (Lipinski definition) is 5. The molecule has 1 amide bonds. The van der Waals surface area contributed by atoms with Crippen molar-refractivity contribution in [1.82, 2.24) is 0 Å². The van der Waals surface area contributed by atoms with E-state index in [4.69, 9.17) is 21.1 Å². The van der Waals surface area contributed by atoms with Gasteiger partial charge in [0.25, 0.3) is 5.91 Å². The van der Waals surface area contributed by atoms with Gasteiger partial charge in [0.2, 0.25) is 0 Å². The maximum absolute atomic E-state index is 12.0. The van der Waals surface area contributed by atoms with Gasteiger partial charge in [-0.3, -0.25) is 4.79 Å². The topological polar surface area (TPSA) is 73.9 Å². The third-order valence-corrected chi connectivity index (χ3v) is 3.81. The number of carbonyl (C=O) groups is 2. The van der Waals surface area contributed by atoms with Crippen LogP contribution in [0.2, 0.25) is 5.02 Å². The summed E-state index contributed by atoms with van der Waals surface area (Å²) in [5.41, 5.74) is 1.83. The number of aryl methyl sites for hydroxylation is 1. The van der Waals surface area contributed by atoms with Gasteiger partial charge in [0.1, 0.15) is 0 Å². The lowest BCUT2D eigenvalue weighted by Gasteiger charge is -2.12. The number of amides is 1. The number of benzene rings is 2. The van der Waals surface area contributed by atoms with E-state index in [-0.39, 0.29) is 12.5 Å². The molecule has 0 radical (unpaired) electrons. The maximum Gasteiger partial charge on any atom is 0.337 e. The highest BCUT2D eigenvalue weighted by atomic mass is 35.5. The van der Waals surface area contributed by atoms with Crippen LogP contribution >= 0.6 is 11.6 Å². The van der Waals surface area contributed by atoms with Gasteiger partial charge in [0, 0.05) is 10.7 Å². The van der Waals surface area contributed by atoms with Crippen LogP contribution in [-0.4, -0.2) is 32.7 Å². The Morgan fingerprint density at radius 2 is 1.84 bits per heavy atom. The minimum Gasteiger partial charge on any atom is -0.493 e. The number of halogens is 1. The van der Waals surface area contributed by atoms with Crippen LogP contribution in [0.15, 0.2) is 36.4 Å². The molecule has 0 fully saturated rings. The second-order valence-corrected chi connectivity index (χ2v) is 5.57. The highest BCUT2D eigenvalue weighted by Crippen LogP contribution is 2.28. The van der Waals surface area contributed by atoms with Gasteiger partial charge in [-0.2, -0.15) is 0 Å². The number of carbonyl (C=O) groups excluding carboxylic acids is 2. The summed E-state index contributed by atoms with van der Waals surface area (Å²) in [4.78, 5) is 23.5. The number of ether oxygens (including phenoxy) is 3. The number of anilines is 1. The van der Waals surface area contributed by atoms with Crippen molar-refractivity contribution in [3.05, 3.63) is 52.5 Å². The Bertz CT molecular complexity index is 791. The molecule has 2 aromatic carbocycles. The average Bonchev–Trinajstić information content (AvgIpc) is 2.62. The summed E-state index contributed by atoms with van der Waals surface area (Å²) in [6.07, 6.45) is 0. The highest BCUT2D eigenvalue weighted by Gasteiger charge is 2.13. The molecular weight excluding hydrogens is 346 g/mol. The molecule has 7 heteroatoms. The summed E-state index contributed by atoms with van der Waals surface area (Å²) in [5, 5.41) is 3.26. The molecule has 25 heavy (non-hydrogen) atoms. The van der Waals surface area contributed by atoms with E-state index in [2.05, 4.69) is 10.1 Å². The monoisotopic (exact) mass is 363 g/mol. The quantitative estimate of drug-likeness (QED) is 0.795. The minimum atomic E-state index is -0.487. The van der Waals surface area contributed by atoms with E-state index in [1.54, 1.807) is 18.2 Å². The second kappa shape index (κ2) is 8.39. The third kappa shape index (κ3) is 4.87. The smallest absolute Gasteiger partial charge is 0.337 e. The SMILES string of the molecule is COC(=O)c1ccc(OCC(=O)Nc2ccc(C)c(Cl)c2)c(OC)c1. The molecule has 1 N–H and O–H groups in total. The van der Waals surface area contributed by atoms with E-state index in [0.29, 0.717) is 27.8 Å². The van der Waals surface area contributed by atoms with Crippen LogP contribution in [0, 0.1) is 6.92 Å². The average molecular weight is 364 g/mol. The van der Waals surface area contributed by atoms with Crippen molar-refractivity contribution in [2.24, 2.45) is 0 Å². The Labute approximate surface area is 150 Å². The lowest BCUT2D eigenvalue weighted by molar-refractivity contribution is -0.118. The predicted octanol–water partition coefficient (Wildman–Crippen LogP) is 3.46. The van der Waals surface area contributed by atoms with E-state index in [0.717, 1.165) is 5.56 Å². The van der Waals surface area contributed by atoms with E-state index >= 15 is 0 Å². The fourth-order valence-corrected chi connectivity index (χ4v) is 2.22. The van der Waals surface area contributed by atoms with Gasteiger partial charge in [-0.05, 0) is 42.8 Å². The van der Waals surface area contributed by atoms with Crippen LogP contribution in [0.25, 0.3) is 0 Å². The summed E-state index contributed by atoms with van der Waals surface area (Å²) >= 11 is 6.03. The first kappa shape index (κ1) is 18.6. The first-order valence-electron chi connectivity index (χ1n) is 7.39. The normalized spacial score (nSPS) is 10.1. The van der Waals surface area contributed by atoms with E-state index in [1.807, 2.05) is 13.0 Å². The zero-order valence-corrected chi connectivity index (χ0v) is 14.8. The van der Waals surface area contributed by atoms with Crippen molar-refractivity contribution >= 4 is 29.2 Å². The van der Waals surface area contributed by atoms with Gasteiger partial charge in [0.15, 0.2) is 18.1 Å². The van der Waals surface area contributed by atoms with Crippen LogP contribution in [0.3, 0.4) is 0 Å². The molecule has 0 bridgehead atoms. The van der Waals surface area contributed by atoms with Crippen molar-refractivity contribution in [1.29, 1.82) is 0 Å². The van der Waals surface area contributed by atoms with Crippen LogP contribution in [0.4, 0.5) is 5.69 Å². The van der Waals surface area contributed by atoms with E-state index < -0.39 is 5.97 Å². The number of methoxy groups -OCH3 is 2.